The summed E-state index contributed by atoms with van der Waals surface area (Å²) in [5, 5.41) is 9.43. The number of nitrogens with zero attached hydrogens (tertiary/aromatic N) is 2. The molecule has 0 fully saturated rings. The quantitative estimate of drug-likeness (QED) is 0.590. The predicted octanol–water partition coefficient (Wildman–Crippen LogP) is 3.11. The first kappa shape index (κ1) is 12.5. The Hall–Kier alpha value is -1.93. The minimum absolute atomic E-state index is 0.613. The van der Waals surface area contributed by atoms with Crippen LogP contribution in [-0.2, 0) is 0 Å². The van der Waals surface area contributed by atoms with E-state index in [0.717, 1.165) is 17.9 Å². The minimum atomic E-state index is 0.613. The van der Waals surface area contributed by atoms with Gasteiger partial charge in [-0.15, -0.1) is 0 Å². The van der Waals surface area contributed by atoms with Crippen molar-refractivity contribution in [3.8, 4) is 11.8 Å². The van der Waals surface area contributed by atoms with Gasteiger partial charge in [0, 0.05) is 5.75 Å². The molecule has 0 amide bonds. The smallest absolute Gasteiger partial charge is 0.255 e. The maximum absolute atomic E-state index is 8.75. The van der Waals surface area contributed by atoms with Gasteiger partial charge >= 0.3 is 0 Å². The minimum Gasteiger partial charge on any atom is -0.494 e. The Morgan fingerprint density at radius 1 is 1.44 bits per heavy atom. The van der Waals surface area contributed by atoms with E-state index in [4.69, 9.17) is 14.4 Å². The number of rotatable bonds is 6. The molecule has 2 rings (SSSR count). The van der Waals surface area contributed by atoms with Crippen LogP contribution in [0.25, 0.3) is 0 Å². The monoisotopic (exact) mass is 260 g/mol. The summed E-state index contributed by atoms with van der Waals surface area (Å²) in [6, 6.07) is 9.24. The number of thioether (sulfide) groups is 1. The highest BCUT2D eigenvalue weighted by molar-refractivity contribution is 7.99. The van der Waals surface area contributed by atoms with Crippen LogP contribution in [-0.4, -0.2) is 17.3 Å². The van der Waals surface area contributed by atoms with E-state index in [1.165, 1.54) is 0 Å². The average Bonchev–Trinajstić information content (AvgIpc) is 2.92. The van der Waals surface area contributed by atoms with Crippen molar-refractivity contribution in [2.45, 2.75) is 11.6 Å². The predicted molar refractivity (Wildman–Crippen MR) is 68.5 cm³/mol. The van der Waals surface area contributed by atoms with E-state index in [9.17, 15) is 0 Å². The molecule has 0 unspecified atom stereocenters. The van der Waals surface area contributed by atoms with E-state index >= 15 is 0 Å². The van der Waals surface area contributed by atoms with Crippen LogP contribution in [0.4, 0.5) is 0 Å². The number of hydrogen-bond donors (Lipinski definition) is 0. The summed E-state index contributed by atoms with van der Waals surface area (Å²) in [7, 11) is 0. The molecule has 92 valence electrons. The highest BCUT2D eigenvalue weighted by atomic mass is 32.2. The lowest BCUT2D eigenvalue weighted by atomic mass is 10.2. The zero-order chi connectivity index (χ0) is 12.6. The Kier molecular flexibility index (Phi) is 4.68. The molecular formula is C13H12N2O2S. The number of benzene rings is 1. The van der Waals surface area contributed by atoms with Crippen LogP contribution in [0.15, 0.2) is 46.4 Å². The van der Waals surface area contributed by atoms with Crippen molar-refractivity contribution in [1.29, 1.82) is 5.26 Å². The second-order valence-corrected chi connectivity index (χ2v) is 4.53. The third-order valence-electron chi connectivity index (χ3n) is 2.16. The molecule has 0 bridgehead atoms. The van der Waals surface area contributed by atoms with E-state index in [-0.39, 0.29) is 0 Å². The summed E-state index contributed by atoms with van der Waals surface area (Å²) in [6.07, 6.45) is 4.09. The van der Waals surface area contributed by atoms with Crippen LogP contribution in [0, 0.1) is 11.3 Å². The van der Waals surface area contributed by atoms with Gasteiger partial charge in [0.2, 0.25) is 0 Å². The maximum atomic E-state index is 8.75. The van der Waals surface area contributed by atoms with Crippen LogP contribution >= 0.6 is 11.8 Å². The molecule has 0 radical (unpaired) electrons. The van der Waals surface area contributed by atoms with Crippen molar-refractivity contribution in [3.05, 3.63) is 42.3 Å². The van der Waals surface area contributed by atoms with Crippen molar-refractivity contribution in [3.63, 3.8) is 0 Å². The fourth-order valence-corrected chi connectivity index (χ4v) is 2.04. The van der Waals surface area contributed by atoms with Crippen LogP contribution in [0.5, 0.6) is 5.75 Å². The molecule has 4 nitrogen and oxygen atoms in total. The van der Waals surface area contributed by atoms with Crippen molar-refractivity contribution >= 4 is 11.8 Å². The molecule has 0 atom stereocenters. The van der Waals surface area contributed by atoms with E-state index in [1.807, 2.05) is 12.1 Å². The van der Waals surface area contributed by atoms with Crippen molar-refractivity contribution in [1.82, 2.24) is 4.98 Å². The lowest BCUT2D eigenvalue weighted by Crippen LogP contribution is -1.98. The first-order valence-corrected chi connectivity index (χ1v) is 6.52. The molecule has 0 spiro atoms. The van der Waals surface area contributed by atoms with Crippen LogP contribution in [0.3, 0.4) is 0 Å². The fraction of sp³-hybridized carbons (Fsp3) is 0.231. The lowest BCUT2D eigenvalue weighted by Gasteiger charge is -2.05. The lowest BCUT2D eigenvalue weighted by molar-refractivity contribution is 0.318. The van der Waals surface area contributed by atoms with E-state index in [0.29, 0.717) is 17.4 Å². The van der Waals surface area contributed by atoms with Gasteiger partial charge in [-0.05, 0) is 24.6 Å². The van der Waals surface area contributed by atoms with Gasteiger partial charge < -0.3 is 9.15 Å². The molecule has 1 aromatic carbocycles. The third kappa shape index (κ3) is 3.82. The Morgan fingerprint density at radius 2 is 2.39 bits per heavy atom. The summed E-state index contributed by atoms with van der Waals surface area (Å²) in [5.74, 6) is 1.62. The topological polar surface area (TPSA) is 59.0 Å². The molecule has 18 heavy (non-hydrogen) atoms. The Bertz CT molecular complexity index is 520. The maximum Gasteiger partial charge on any atom is 0.255 e. The van der Waals surface area contributed by atoms with Gasteiger partial charge in [0.25, 0.3) is 5.22 Å². The molecule has 1 heterocycles. The molecule has 5 heteroatoms. The third-order valence-corrected chi connectivity index (χ3v) is 3.10. The van der Waals surface area contributed by atoms with Gasteiger partial charge in [-0.25, -0.2) is 4.98 Å². The first-order chi connectivity index (χ1) is 8.88. The summed E-state index contributed by atoms with van der Waals surface area (Å²) in [5.41, 5.74) is 0.613. The van der Waals surface area contributed by atoms with Gasteiger partial charge in [-0.3, -0.25) is 0 Å². The van der Waals surface area contributed by atoms with Crippen LogP contribution in [0.1, 0.15) is 12.0 Å². The SMILES string of the molecule is N#Cc1cccc(OCCCSc2ncco2)c1. The number of nitriles is 1. The number of ether oxygens (including phenoxy) is 1. The summed E-state index contributed by atoms with van der Waals surface area (Å²) >= 11 is 1.56. The van der Waals surface area contributed by atoms with Crippen molar-refractivity contribution < 1.29 is 9.15 Å². The van der Waals surface area contributed by atoms with E-state index < -0.39 is 0 Å². The molecular weight excluding hydrogens is 248 g/mol. The number of oxazole rings is 1. The molecule has 0 saturated carbocycles. The molecule has 0 N–H and O–H groups in total. The normalized spacial score (nSPS) is 9.94. The largest absolute Gasteiger partial charge is 0.494 e. The molecule has 1 aromatic heterocycles. The van der Waals surface area contributed by atoms with Gasteiger partial charge in [-0.2, -0.15) is 5.26 Å². The van der Waals surface area contributed by atoms with Crippen molar-refractivity contribution in [2.75, 3.05) is 12.4 Å². The van der Waals surface area contributed by atoms with Gasteiger partial charge in [0.05, 0.1) is 24.4 Å². The zero-order valence-electron chi connectivity index (χ0n) is 9.70. The van der Waals surface area contributed by atoms with E-state index in [1.54, 1.807) is 36.4 Å². The summed E-state index contributed by atoms with van der Waals surface area (Å²) in [4.78, 5) is 4.01. The molecule has 2 aromatic rings. The van der Waals surface area contributed by atoms with Crippen LogP contribution in [0.2, 0.25) is 0 Å². The fourth-order valence-electron chi connectivity index (χ4n) is 1.35. The molecule has 0 aliphatic heterocycles. The van der Waals surface area contributed by atoms with Crippen molar-refractivity contribution in [2.24, 2.45) is 0 Å². The zero-order valence-corrected chi connectivity index (χ0v) is 10.5. The second kappa shape index (κ2) is 6.72. The molecule has 0 aliphatic carbocycles. The van der Waals surface area contributed by atoms with Crippen LogP contribution < -0.4 is 4.74 Å². The highest BCUT2D eigenvalue weighted by Gasteiger charge is 1.99. The number of aromatic nitrogens is 1. The van der Waals surface area contributed by atoms with E-state index in [2.05, 4.69) is 11.1 Å². The summed E-state index contributed by atoms with van der Waals surface area (Å²) in [6.45, 7) is 0.614. The standard InChI is InChI=1S/C13H12N2O2S/c14-10-11-3-1-4-12(9-11)16-6-2-8-18-13-15-5-7-17-13/h1,3-5,7,9H,2,6,8H2. The first-order valence-electron chi connectivity index (χ1n) is 5.54. The highest BCUT2D eigenvalue weighted by Crippen LogP contribution is 2.16. The summed E-state index contributed by atoms with van der Waals surface area (Å²) < 4.78 is 10.7. The molecule has 0 saturated heterocycles. The van der Waals surface area contributed by atoms with Gasteiger partial charge in [-0.1, -0.05) is 17.8 Å². The van der Waals surface area contributed by atoms with Gasteiger partial charge in [0.1, 0.15) is 12.0 Å². The molecule has 0 aliphatic rings. The number of hydrogen-bond acceptors (Lipinski definition) is 5. The Labute approximate surface area is 110 Å². The average molecular weight is 260 g/mol. The Morgan fingerprint density at radius 3 is 3.17 bits per heavy atom. The Balaban J connectivity index is 1.67. The second-order valence-electron chi connectivity index (χ2n) is 3.49. The van der Waals surface area contributed by atoms with Gasteiger partial charge in [0.15, 0.2) is 0 Å².